The molecule has 0 saturated carbocycles. The summed E-state index contributed by atoms with van der Waals surface area (Å²) in [7, 11) is 1.84. The molecule has 2 N–H and O–H groups in total. The summed E-state index contributed by atoms with van der Waals surface area (Å²) in [4.78, 5) is 26.7. The van der Waals surface area contributed by atoms with Crippen LogP contribution in [-0.2, 0) is 11.8 Å². The minimum Gasteiger partial charge on any atom is -0.354 e. The number of rotatable bonds is 4. The summed E-state index contributed by atoms with van der Waals surface area (Å²) in [5, 5.41) is 10.4. The Morgan fingerprint density at radius 1 is 1.36 bits per heavy atom. The van der Waals surface area contributed by atoms with E-state index >= 15 is 0 Å². The molecule has 2 atom stereocenters. The van der Waals surface area contributed by atoms with Crippen LogP contribution >= 0.6 is 12.4 Å². The number of aromatic nitrogens is 2. The van der Waals surface area contributed by atoms with Gasteiger partial charge in [-0.15, -0.1) is 12.4 Å². The van der Waals surface area contributed by atoms with Gasteiger partial charge in [0.15, 0.2) is 0 Å². The third kappa shape index (κ3) is 4.52. The van der Waals surface area contributed by atoms with Crippen LogP contribution in [0.15, 0.2) is 6.20 Å². The predicted molar refractivity (Wildman–Crippen MR) is 97.9 cm³/mol. The molecule has 0 spiro atoms. The Balaban J connectivity index is 0.00000225. The van der Waals surface area contributed by atoms with Gasteiger partial charge in [-0.2, -0.15) is 5.10 Å². The fourth-order valence-electron chi connectivity index (χ4n) is 3.57. The Kier molecular flexibility index (Phi) is 6.84. The van der Waals surface area contributed by atoms with E-state index in [2.05, 4.69) is 15.7 Å². The number of carbonyl (C=O) groups is 2. The van der Waals surface area contributed by atoms with E-state index in [1.807, 2.05) is 18.9 Å². The summed E-state index contributed by atoms with van der Waals surface area (Å²) in [6.07, 6.45) is 5.66. The Morgan fingerprint density at radius 3 is 2.80 bits per heavy atom. The van der Waals surface area contributed by atoms with Crippen LogP contribution in [0.4, 0.5) is 0 Å². The molecule has 2 aliphatic rings. The molecule has 3 heterocycles. The smallest absolute Gasteiger partial charge is 0.257 e. The summed E-state index contributed by atoms with van der Waals surface area (Å²) in [6, 6.07) is -0.0376. The van der Waals surface area contributed by atoms with Crippen molar-refractivity contribution in [1.82, 2.24) is 25.3 Å². The highest BCUT2D eigenvalue weighted by Gasteiger charge is 2.28. The Bertz CT molecular complexity index is 612. The highest BCUT2D eigenvalue weighted by atomic mass is 35.5. The highest BCUT2D eigenvalue weighted by Crippen LogP contribution is 2.19. The van der Waals surface area contributed by atoms with Crippen LogP contribution in [0.2, 0.25) is 0 Å². The molecular weight excluding hydrogens is 342 g/mol. The number of nitrogens with one attached hydrogen (secondary N) is 2. The fraction of sp³-hybridized carbons (Fsp3) is 0.706. The minimum atomic E-state index is -0.0376. The average molecular weight is 370 g/mol. The molecule has 25 heavy (non-hydrogen) atoms. The van der Waals surface area contributed by atoms with Crippen molar-refractivity contribution in [2.75, 3.05) is 26.2 Å². The van der Waals surface area contributed by atoms with E-state index in [0.717, 1.165) is 44.5 Å². The zero-order valence-corrected chi connectivity index (χ0v) is 15.8. The topological polar surface area (TPSA) is 79.3 Å². The molecule has 0 aliphatic carbocycles. The lowest BCUT2D eigenvalue weighted by atomic mass is 9.97. The number of amides is 2. The summed E-state index contributed by atoms with van der Waals surface area (Å²) < 4.78 is 1.73. The van der Waals surface area contributed by atoms with Gasteiger partial charge >= 0.3 is 0 Å². The monoisotopic (exact) mass is 369 g/mol. The van der Waals surface area contributed by atoms with Gasteiger partial charge in [0.2, 0.25) is 5.91 Å². The van der Waals surface area contributed by atoms with Gasteiger partial charge in [0, 0.05) is 32.4 Å². The zero-order chi connectivity index (χ0) is 17.1. The molecule has 7 nitrogen and oxygen atoms in total. The standard InChI is InChI=1S/C17H27N5O2.ClH/c1-12-14(10-20-21(12)2)17(24)22-8-4-5-13(11-22)9-19-16(23)15-6-3-7-18-15;/h10,13,15,18H,3-9,11H2,1-2H3,(H,19,23);1H. The second-order valence-electron chi connectivity index (χ2n) is 6.92. The Morgan fingerprint density at radius 2 is 2.16 bits per heavy atom. The first-order chi connectivity index (χ1) is 11.6. The fourth-order valence-corrected chi connectivity index (χ4v) is 3.57. The molecule has 2 fully saturated rings. The van der Waals surface area contributed by atoms with Crippen LogP contribution < -0.4 is 10.6 Å². The third-order valence-electron chi connectivity index (χ3n) is 5.21. The molecule has 0 aromatic carbocycles. The number of halogens is 1. The van der Waals surface area contributed by atoms with Crippen LogP contribution in [0.3, 0.4) is 0 Å². The van der Waals surface area contributed by atoms with Crippen molar-refractivity contribution in [2.24, 2.45) is 13.0 Å². The zero-order valence-electron chi connectivity index (χ0n) is 15.0. The molecule has 140 valence electrons. The number of carbonyl (C=O) groups excluding carboxylic acids is 2. The van der Waals surface area contributed by atoms with Gasteiger partial charge in [0.1, 0.15) is 0 Å². The predicted octanol–water partition coefficient (Wildman–Crippen LogP) is 0.871. The Labute approximate surface area is 154 Å². The van der Waals surface area contributed by atoms with Crippen molar-refractivity contribution in [3.8, 4) is 0 Å². The van der Waals surface area contributed by atoms with Crippen LogP contribution in [0.25, 0.3) is 0 Å². The summed E-state index contributed by atoms with van der Waals surface area (Å²) in [5.74, 6) is 0.471. The van der Waals surface area contributed by atoms with Gasteiger partial charge in [-0.1, -0.05) is 0 Å². The van der Waals surface area contributed by atoms with Crippen molar-refractivity contribution in [3.05, 3.63) is 17.5 Å². The number of hydrogen-bond acceptors (Lipinski definition) is 4. The van der Waals surface area contributed by atoms with Crippen LogP contribution in [-0.4, -0.2) is 58.7 Å². The molecule has 2 saturated heterocycles. The number of piperidine rings is 1. The lowest BCUT2D eigenvalue weighted by Gasteiger charge is -2.33. The van der Waals surface area contributed by atoms with Crippen LogP contribution in [0.5, 0.6) is 0 Å². The quantitative estimate of drug-likeness (QED) is 0.825. The maximum Gasteiger partial charge on any atom is 0.257 e. The first-order valence-corrected chi connectivity index (χ1v) is 8.85. The maximum absolute atomic E-state index is 12.7. The van der Waals surface area contributed by atoms with Crippen LogP contribution in [0, 0.1) is 12.8 Å². The second-order valence-corrected chi connectivity index (χ2v) is 6.92. The van der Waals surface area contributed by atoms with Gasteiger partial charge in [-0.3, -0.25) is 14.3 Å². The molecule has 2 amide bonds. The summed E-state index contributed by atoms with van der Waals surface area (Å²) in [5.41, 5.74) is 1.57. The van der Waals surface area contributed by atoms with Gasteiger partial charge in [0.25, 0.3) is 5.91 Å². The lowest BCUT2D eigenvalue weighted by Crippen LogP contribution is -2.46. The molecular formula is C17H28ClN5O2. The second kappa shape index (κ2) is 8.67. The van der Waals surface area contributed by atoms with E-state index in [9.17, 15) is 9.59 Å². The van der Waals surface area contributed by atoms with Gasteiger partial charge < -0.3 is 15.5 Å². The number of hydrogen-bond donors (Lipinski definition) is 2. The first-order valence-electron chi connectivity index (χ1n) is 8.85. The summed E-state index contributed by atoms with van der Waals surface area (Å²) in [6.45, 7) is 4.96. The molecule has 3 rings (SSSR count). The maximum atomic E-state index is 12.7. The highest BCUT2D eigenvalue weighted by molar-refractivity contribution is 5.95. The van der Waals surface area contributed by atoms with E-state index in [4.69, 9.17) is 0 Å². The molecule has 1 aromatic heterocycles. The minimum absolute atomic E-state index is 0. The molecule has 2 unspecified atom stereocenters. The van der Waals surface area contributed by atoms with Crippen molar-refractivity contribution in [3.63, 3.8) is 0 Å². The molecule has 8 heteroatoms. The number of likely N-dealkylation sites (tertiary alicyclic amines) is 1. The molecule has 0 radical (unpaired) electrons. The van der Waals surface area contributed by atoms with E-state index in [0.29, 0.717) is 24.6 Å². The number of nitrogens with zero attached hydrogens (tertiary/aromatic N) is 3. The van der Waals surface area contributed by atoms with E-state index < -0.39 is 0 Å². The van der Waals surface area contributed by atoms with E-state index in [1.54, 1.807) is 10.9 Å². The first kappa shape index (κ1) is 19.7. The van der Waals surface area contributed by atoms with Crippen molar-refractivity contribution in [2.45, 2.75) is 38.6 Å². The van der Waals surface area contributed by atoms with Crippen molar-refractivity contribution >= 4 is 24.2 Å². The van der Waals surface area contributed by atoms with Crippen molar-refractivity contribution < 1.29 is 9.59 Å². The molecule has 0 bridgehead atoms. The van der Waals surface area contributed by atoms with Crippen molar-refractivity contribution in [1.29, 1.82) is 0 Å². The third-order valence-corrected chi connectivity index (χ3v) is 5.21. The number of aryl methyl sites for hydroxylation is 1. The lowest BCUT2D eigenvalue weighted by molar-refractivity contribution is -0.123. The molecule has 2 aliphatic heterocycles. The average Bonchev–Trinajstić information content (AvgIpc) is 3.24. The Hall–Kier alpha value is -1.60. The van der Waals surface area contributed by atoms with E-state index in [1.165, 1.54) is 0 Å². The SMILES string of the molecule is Cc1c(C(=O)N2CCCC(CNC(=O)C3CCCN3)C2)cnn1C.Cl. The van der Waals surface area contributed by atoms with Gasteiger partial charge in [0.05, 0.1) is 17.8 Å². The van der Waals surface area contributed by atoms with Gasteiger partial charge in [-0.25, -0.2) is 0 Å². The largest absolute Gasteiger partial charge is 0.354 e. The summed E-state index contributed by atoms with van der Waals surface area (Å²) >= 11 is 0. The van der Waals surface area contributed by atoms with Crippen LogP contribution in [0.1, 0.15) is 41.7 Å². The molecule has 1 aromatic rings. The van der Waals surface area contributed by atoms with E-state index in [-0.39, 0.29) is 30.3 Å². The normalized spacial score (nSPS) is 23.2. The van der Waals surface area contributed by atoms with Gasteiger partial charge in [-0.05, 0) is 45.1 Å².